The molecule has 8 nitrogen and oxygen atoms in total. The Bertz CT molecular complexity index is 1100. The van der Waals surface area contributed by atoms with E-state index in [-0.39, 0.29) is 4.90 Å². The van der Waals surface area contributed by atoms with Crippen LogP contribution in [0.25, 0.3) is 0 Å². The number of aromatic nitrogens is 1. The van der Waals surface area contributed by atoms with Crippen LogP contribution in [0, 0.1) is 0 Å². The van der Waals surface area contributed by atoms with Gasteiger partial charge in [-0.2, -0.15) is 0 Å². The number of ether oxygens (including phenoxy) is 2. The van der Waals surface area contributed by atoms with E-state index < -0.39 is 22.5 Å². The zero-order chi connectivity index (χ0) is 22.3. The van der Waals surface area contributed by atoms with Crippen molar-refractivity contribution in [1.82, 2.24) is 4.98 Å². The first kappa shape index (κ1) is 22.1. The molecule has 0 saturated heterocycles. The molecule has 0 saturated carbocycles. The van der Waals surface area contributed by atoms with E-state index in [0.29, 0.717) is 29.5 Å². The molecule has 31 heavy (non-hydrogen) atoms. The van der Waals surface area contributed by atoms with Crippen molar-refractivity contribution in [3.8, 4) is 11.5 Å². The summed E-state index contributed by atoms with van der Waals surface area (Å²) in [4.78, 5) is 16.6. The number of sulfonamides is 1. The standard InChI is InChI=1S/C22H23N3O5S/c1-3-30-20-12-8-18(9-13-20)25(31(27,28)21-5-4-14-23-15-21)16-22(26)24-17-6-10-19(29-2)11-7-17/h4-15H,3,16H2,1-2H3,(H,24,26). The Morgan fingerprint density at radius 3 is 2.29 bits per heavy atom. The summed E-state index contributed by atoms with van der Waals surface area (Å²) in [5, 5.41) is 2.71. The van der Waals surface area contributed by atoms with Crippen LogP contribution in [0.5, 0.6) is 11.5 Å². The van der Waals surface area contributed by atoms with Crippen LogP contribution in [0.15, 0.2) is 78.0 Å². The van der Waals surface area contributed by atoms with Crippen LogP contribution in [-0.4, -0.2) is 39.6 Å². The molecular weight excluding hydrogens is 418 g/mol. The molecule has 1 N–H and O–H groups in total. The number of nitrogens with zero attached hydrogens (tertiary/aromatic N) is 2. The molecule has 3 aromatic rings. The van der Waals surface area contributed by atoms with Gasteiger partial charge in [0.25, 0.3) is 10.0 Å². The predicted octanol–water partition coefficient (Wildman–Crippen LogP) is 3.32. The van der Waals surface area contributed by atoms with Gasteiger partial charge >= 0.3 is 0 Å². The number of rotatable bonds is 9. The van der Waals surface area contributed by atoms with Crippen molar-refractivity contribution in [1.29, 1.82) is 0 Å². The third kappa shape index (κ3) is 5.52. The van der Waals surface area contributed by atoms with Gasteiger partial charge in [0.1, 0.15) is 22.9 Å². The van der Waals surface area contributed by atoms with Crippen LogP contribution >= 0.6 is 0 Å². The number of hydrogen-bond acceptors (Lipinski definition) is 6. The minimum absolute atomic E-state index is 0.0128. The maximum absolute atomic E-state index is 13.3. The molecule has 0 aliphatic heterocycles. The highest BCUT2D eigenvalue weighted by Gasteiger charge is 2.27. The summed E-state index contributed by atoms with van der Waals surface area (Å²) in [6.45, 7) is 1.93. The van der Waals surface area contributed by atoms with Gasteiger partial charge in [0, 0.05) is 18.1 Å². The highest BCUT2D eigenvalue weighted by molar-refractivity contribution is 7.92. The number of benzene rings is 2. The summed E-state index contributed by atoms with van der Waals surface area (Å²) < 4.78 is 38.1. The van der Waals surface area contributed by atoms with Crippen LogP contribution < -0.4 is 19.1 Å². The van der Waals surface area contributed by atoms with Crippen molar-refractivity contribution < 1.29 is 22.7 Å². The van der Waals surface area contributed by atoms with Gasteiger partial charge in [-0.15, -0.1) is 0 Å². The Morgan fingerprint density at radius 1 is 1.03 bits per heavy atom. The molecule has 0 fully saturated rings. The molecule has 0 aliphatic rings. The molecule has 0 atom stereocenters. The van der Waals surface area contributed by atoms with Gasteiger partial charge in [-0.25, -0.2) is 8.42 Å². The minimum Gasteiger partial charge on any atom is -0.497 e. The molecule has 0 radical (unpaired) electrons. The predicted molar refractivity (Wildman–Crippen MR) is 118 cm³/mol. The third-order valence-electron chi connectivity index (χ3n) is 4.32. The lowest BCUT2D eigenvalue weighted by Gasteiger charge is -2.24. The number of methoxy groups -OCH3 is 1. The maximum atomic E-state index is 13.3. The molecule has 0 aliphatic carbocycles. The zero-order valence-corrected chi connectivity index (χ0v) is 18.0. The van der Waals surface area contributed by atoms with Crippen molar-refractivity contribution in [2.45, 2.75) is 11.8 Å². The first-order chi connectivity index (χ1) is 14.9. The van der Waals surface area contributed by atoms with Crippen molar-refractivity contribution in [2.75, 3.05) is 29.9 Å². The molecule has 0 spiro atoms. The third-order valence-corrected chi connectivity index (χ3v) is 6.08. The lowest BCUT2D eigenvalue weighted by molar-refractivity contribution is -0.114. The van der Waals surface area contributed by atoms with Crippen LogP contribution in [-0.2, 0) is 14.8 Å². The second-order valence-corrected chi connectivity index (χ2v) is 8.27. The number of pyridine rings is 1. The van der Waals surface area contributed by atoms with E-state index in [1.54, 1.807) is 55.6 Å². The number of hydrogen-bond donors (Lipinski definition) is 1. The van der Waals surface area contributed by atoms with Crippen molar-refractivity contribution in [3.63, 3.8) is 0 Å². The molecule has 162 valence electrons. The largest absolute Gasteiger partial charge is 0.497 e. The SMILES string of the molecule is CCOc1ccc(N(CC(=O)Nc2ccc(OC)cc2)S(=O)(=O)c2cccnc2)cc1. The number of nitrogens with one attached hydrogen (secondary N) is 1. The van der Waals surface area contributed by atoms with Crippen molar-refractivity contribution in [3.05, 3.63) is 73.1 Å². The Labute approximate surface area is 181 Å². The normalized spacial score (nSPS) is 10.9. The van der Waals surface area contributed by atoms with E-state index in [2.05, 4.69) is 10.3 Å². The fraction of sp³-hybridized carbons (Fsp3) is 0.182. The molecule has 1 aromatic heterocycles. The quantitative estimate of drug-likeness (QED) is 0.547. The summed E-state index contributed by atoms with van der Waals surface area (Å²) in [6, 6.07) is 16.2. The second kappa shape index (κ2) is 9.94. The van der Waals surface area contributed by atoms with Gasteiger partial charge < -0.3 is 14.8 Å². The Kier molecular flexibility index (Phi) is 7.09. The number of carbonyl (C=O) groups excluding carboxylic acids is 1. The summed E-state index contributed by atoms with van der Waals surface area (Å²) in [7, 11) is -2.48. The Balaban J connectivity index is 1.88. The molecule has 1 amide bonds. The molecule has 9 heteroatoms. The molecular formula is C22H23N3O5S. The summed E-state index contributed by atoms with van der Waals surface area (Å²) in [5.41, 5.74) is 0.855. The molecule has 0 bridgehead atoms. The van der Waals surface area contributed by atoms with E-state index in [9.17, 15) is 13.2 Å². The highest BCUT2D eigenvalue weighted by atomic mass is 32.2. The zero-order valence-electron chi connectivity index (χ0n) is 17.2. The van der Waals surface area contributed by atoms with Gasteiger partial charge in [0.05, 0.1) is 19.4 Å². The lowest BCUT2D eigenvalue weighted by atomic mass is 10.3. The molecule has 3 rings (SSSR count). The summed E-state index contributed by atoms with van der Waals surface area (Å²) in [5.74, 6) is 0.757. The van der Waals surface area contributed by atoms with Crippen molar-refractivity contribution in [2.24, 2.45) is 0 Å². The van der Waals surface area contributed by atoms with Gasteiger partial charge in [-0.05, 0) is 67.6 Å². The average molecular weight is 442 g/mol. The summed E-state index contributed by atoms with van der Waals surface area (Å²) in [6.07, 6.45) is 2.73. The number of amides is 1. The van der Waals surface area contributed by atoms with Gasteiger partial charge in [0.2, 0.25) is 5.91 Å². The Morgan fingerprint density at radius 2 is 1.71 bits per heavy atom. The smallest absolute Gasteiger partial charge is 0.266 e. The first-order valence-corrected chi connectivity index (χ1v) is 11.0. The lowest BCUT2D eigenvalue weighted by Crippen LogP contribution is -2.38. The minimum atomic E-state index is -4.03. The summed E-state index contributed by atoms with van der Waals surface area (Å²) >= 11 is 0. The van der Waals surface area contributed by atoms with Crippen molar-refractivity contribution >= 4 is 27.3 Å². The van der Waals surface area contributed by atoms with Crippen LogP contribution in [0.4, 0.5) is 11.4 Å². The van der Waals surface area contributed by atoms with Crippen LogP contribution in [0.3, 0.4) is 0 Å². The van der Waals surface area contributed by atoms with Crippen LogP contribution in [0.1, 0.15) is 6.92 Å². The number of anilines is 2. The van der Waals surface area contributed by atoms with E-state index in [1.165, 1.54) is 24.5 Å². The van der Waals surface area contributed by atoms with Gasteiger partial charge in [0.15, 0.2) is 0 Å². The monoisotopic (exact) mass is 441 g/mol. The fourth-order valence-corrected chi connectivity index (χ4v) is 4.21. The fourth-order valence-electron chi connectivity index (χ4n) is 2.82. The first-order valence-electron chi connectivity index (χ1n) is 9.53. The maximum Gasteiger partial charge on any atom is 0.266 e. The Hall–Kier alpha value is -3.59. The molecule has 1 heterocycles. The second-order valence-electron chi connectivity index (χ2n) is 6.40. The van der Waals surface area contributed by atoms with Gasteiger partial charge in [-0.3, -0.25) is 14.1 Å². The van der Waals surface area contributed by atoms with E-state index in [4.69, 9.17) is 9.47 Å². The number of carbonyl (C=O) groups is 1. The van der Waals surface area contributed by atoms with E-state index in [0.717, 1.165) is 4.31 Å². The average Bonchev–Trinajstić information content (AvgIpc) is 2.79. The topological polar surface area (TPSA) is 97.8 Å². The van der Waals surface area contributed by atoms with E-state index in [1.807, 2.05) is 6.92 Å². The van der Waals surface area contributed by atoms with Crippen LogP contribution in [0.2, 0.25) is 0 Å². The highest BCUT2D eigenvalue weighted by Crippen LogP contribution is 2.26. The molecule has 0 unspecified atom stereocenters. The molecule has 2 aromatic carbocycles. The van der Waals surface area contributed by atoms with E-state index >= 15 is 0 Å². The van der Waals surface area contributed by atoms with Gasteiger partial charge in [-0.1, -0.05) is 0 Å².